The highest BCUT2D eigenvalue weighted by Crippen LogP contribution is 2.05. The van der Waals surface area contributed by atoms with Crippen LogP contribution in [-0.4, -0.2) is 25.9 Å². The van der Waals surface area contributed by atoms with Gasteiger partial charge in [0.1, 0.15) is 0 Å². The highest BCUT2D eigenvalue weighted by Gasteiger charge is 2.09. The van der Waals surface area contributed by atoms with Crippen molar-refractivity contribution in [3.05, 3.63) is 23.7 Å². The van der Waals surface area contributed by atoms with Crippen molar-refractivity contribution in [1.82, 2.24) is 19.8 Å². The standard InChI is InChI=1S/C10H15N5/c1-3-8(11)6-10-13-12-9-5-4-7(2)14-15(9)10/h4-5,8H,3,6,11H2,1-2H3. The van der Waals surface area contributed by atoms with E-state index < -0.39 is 0 Å². The first-order chi connectivity index (χ1) is 7.20. The molecule has 1 unspecified atom stereocenters. The third-order valence-electron chi connectivity index (χ3n) is 2.43. The van der Waals surface area contributed by atoms with Crippen LogP contribution in [0, 0.1) is 6.92 Å². The lowest BCUT2D eigenvalue weighted by Gasteiger charge is -2.05. The molecule has 0 bridgehead atoms. The molecule has 2 aromatic rings. The molecule has 2 N–H and O–H groups in total. The lowest BCUT2D eigenvalue weighted by molar-refractivity contribution is 0.610. The average Bonchev–Trinajstić information content (AvgIpc) is 2.61. The highest BCUT2D eigenvalue weighted by atomic mass is 15.4. The molecule has 2 rings (SSSR count). The number of hydrogen-bond acceptors (Lipinski definition) is 4. The summed E-state index contributed by atoms with van der Waals surface area (Å²) in [5, 5.41) is 12.5. The zero-order valence-electron chi connectivity index (χ0n) is 9.01. The van der Waals surface area contributed by atoms with Gasteiger partial charge in [-0.3, -0.25) is 0 Å². The molecule has 15 heavy (non-hydrogen) atoms. The molecule has 0 amide bonds. The molecule has 0 aliphatic rings. The number of aryl methyl sites for hydroxylation is 1. The van der Waals surface area contributed by atoms with Gasteiger partial charge in [0, 0.05) is 12.5 Å². The van der Waals surface area contributed by atoms with Gasteiger partial charge in [-0.15, -0.1) is 10.2 Å². The van der Waals surface area contributed by atoms with Crippen molar-refractivity contribution in [2.24, 2.45) is 5.73 Å². The second-order valence-corrected chi connectivity index (χ2v) is 3.73. The quantitative estimate of drug-likeness (QED) is 0.801. The van der Waals surface area contributed by atoms with Crippen LogP contribution in [0.2, 0.25) is 0 Å². The molecule has 0 saturated carbocycles. The predicted octanol–water partition coefficient (Wildman–Crippen LogP) is 0.713. The van der Waals surface area contributed by atoms with Crippen molar-refractivity contribution in [2.75, 3.05) is 0 Å². The Kier molecular flexibility index (Phi) is 2.64. The van der Waals surface area contributed by atoms with Crippen LogP contribution < -0.4 is 5.73 Å². The summed E-state index contributed by atoms with van der Waals surface area (Å²) in [5.41, 5.74) is 7.61. The van der Waals surface area contributed by atoms with Crippen LogP contribution in [0.3, 0.4) is 0 Å². The fourth-order valence-corrected chi connectivity index (χ4v) is 1.43. The number of hydrogen-bond donors (Lipinski definition) is 1. The Bertz CT molecular complexity index is 462. The van der Waals surface area contributed by atoms with E-state index in [2.05, 4.69) is 22.2 Å². The third kappa shape index (κ3) is 1.97. The van der Waals surface area contributed by atoms with E-state index in [0.29, 0.717) is 6.42 Å². The molecular formula is C10H15N5. The zero-order chi connectivity index (χ0) is 10.8. The average molecular weight is 205 g/mol. The maximum Gasteiger partial charge on any atom is 0.177 e. The molecule has 0 spiro atoms. The fourth-order valence-electron chi connectivity index (χ4n) is 1.43. The first-order valence-electron chi connectivity index (χ1n) is 5.14. The Morgan fingerprint density at radius 2 is 2.20 bits per heavy atom. The lowest BCUT2D eigenvalue weighted by atomic mass is 10.2. The summed E-state index contributed by atoms with van der Waals surface area (Å²) in [7, 11) is 0. The van der Waals surface area contributed by atoms with Gasteiger partial charge >= 0.3 is 0 Å². The Morgan fingerprint density at radius 1 is 1.40 bits per heavy atom. The molecule has 2 aromatic heterocycles. The molecule has 80 valence electrons. The molecule has 2 heterocycles. The Hall–Kier alpha value is -1.49. The fraction of sp³-hybridized carbons (Fsp3) is 0.500. The van der Waals surface area contributed by atoms with E-state index in [1.807, 2.05) is 19.1 Å². The van der Waals surface area contributed by atoms with Crippen LogP contribution in [-0.2, 0) is 6.42 Å². The van der Waals surface area contributed by atoms with Gasteiger partial charge in [-0.2, -0.15) is 9.61 Å². The van der Waals surface area contributed by atoms with Crippen LogP contribution in [0.25, 0.3) is 5.65 Å². The summed E-state index contributed by atoms with van der Waals surface area (Å²) < 4.78 is 1.77. The smallest absolute Gasteiger partial charge is 0.177 e. The molecule has 5 heteroatoms. The second kappa shape index (κ2) is 3.94. The van der Waals surface area contributed by atoms with E-state index in [0.717, 1.165) is 23.6 Å². The van der Waals surface area contributed by atoms with Gasteiger partial charge in [-0.05, 0) is 25.5 Å². The van der Waals surface area contributed by atoms with E-state index >= 15 is 0 Å². The molecule has 0 radical (unpaired) electrons. The van der Waals surface area contributed by atoms with E-state index in [4.69, 9.17) is 5.73 Å². The van der Waals surface area contributed by atoms with E-state index in [9.17, 15) is 0 Å². The van der Waals surface area contributed by atoms with Gasteiger partial charge in [0.25, 0.3) is 0 Å². The largest absolute Gasteiger partial charge is 0.327 e. The summed E-state index contributed by atoms with van der Waals surface area (Å²) in [5.74, 6) is 0.836. The minimum Gasteiger partial charge on any atom is -0.327 e. The van der Waals surface area contributed by atoms with Gasteiger partial charge in [-0.25, -0.2) is 0 Å². The first-order valence-corrected chi connectivity index (χ1v) is 5.14. The van der Waals surface area contributed by atoms with Crippen LogP contribution in [0.15, 0.2) is 12.1 Å². The van der Waals surface area contributed by atoms with Crippen molar-refractivity contribution in [1.29, 1.82) is 0 Å². The molecule has 0 aliphatic carbocycles. The summed E-state index contributed by atoms with van der Waals surface area (Å²) in [6, 6.07) is 3.96. The van der Waals surface area contributed by atoms with E-state index in [1.54, 1.807) is 4.52 Å². The Balaban J connectivity index is 2.39. The van der Waals surface area contributed by atoms with Gasteiger partial charge in [0.15, 0.2) is 11.5 Å². The first kappa shape index (κ1) is 10.0. The maximum absolute atomic E-state index is 5.88. The molecule has 0 saturated heterocycles. The Labute approximate surface area is 88.3 Å². The molecule has 0 aliphatic heterocycles. The minimum absolute atomic E-state index is 0.125. The number of aromatic nitrogens is 4. The summed E-state index contributed by atoms with van der Waals surface area (Å²) in [6.07, 6.45) is 1.65. The van der Waals surface area contributed by atoms with Crippen LogP contribution in [0.5, 0.6) is 0 Å². The monoisotopic (exact) mass is 205 g/mol. The minimum atomic E-state index is 0.125. The summed E-state index contributed by atoms with van der Waals surface area (Å²) >= 11 is 0. The zero-order valence-corrected chi connectivity index (χ0v) is 9.01. The number of fused-ring (bicyclic) bond motifs is 1. The van der Waals surface area contributed by atoms with Gasteiger partial charge in [0.2, 0.25) is 0 Å². The van der Waals surface area contributed by atoms with Crippen molar-refractivity contribution in [3.63, 3.8) is 0 Å². The molecular weight excluding hydrogens is 190 g/mol. The molecule has 5 nitrogen and oxygen atoms in total. The number of nitrogens with two attached hydrogens (primary N) is 1. The molecule has 1 atom stereocenters. The number of nitrogens with zero attached hydrogens (tertiary/aromatic N) is 4. The van der Waals surface area contributed by atoms with Crippen LogP contribution >= 0.6 is 0 Å². The summed E-state index contributed by atoms with van der Waals surface area (Å²) in [4.78, 5) is 0. The second-order valence-electron chi connectivity index (χ2n) is 3.73. The lowest BCUT2D eigenvalue weighted by Crippen LogP contribution is -2.23. The SMILES string of the molecule is CCC(N)Cc1nnc2ccc(C)nn12. The van der Waals surface area contributed by atoms with Gasteiger partial charge in [-0.1, -0.05) is 6.92 Å². The number of rotatable bonds is 3. The van der Waals surface area contributed by atoms with Crippen LogP contribution in [0.4, 0.5) is 0 Å². The molecule has 0 aromatic carbocycles. The Morgan fingerprint density at radius 3 is 2.93 bits per heavy atom. The summed E-state index contributed by atoms with van der Waals surface area (Å²) in [6.45, 7) is 4.01. The van der Waals surface area contributed by atoms with E-state index in [-0.39, 0.29) is 6.04 Å². The van der Waals surface area contributed by atoms with Crippen LogP contribution in [0.1, 0.15) is 24.9 Å². The van der Waals surface area contributed by atoms with Gasteiger partial charge < -0.3 is 5.73 Å². The highest BCUT2D eigenvalue weighted by molar-refractivity contribution is 5.36. The van der Waals surface area contributed by atoms with Crippen molar-refractivity contribution < 1.29 is 0 Å². The van der Waals surface area contributed by atoms with Crippen molar-refractivity contribution in [2.45, 2.75) is 32.7 Å². The predicted molar refractivity (Wildman–Crippen MR) is 57.5 cm³/mol. The normalized spacial score (nSPS) is 13.3. The van der Waals surface area contributed by atoms with Crippen molar-refractivity contribution >= 4 is 5.65 Å². The molecule has 0 fully saturated rings. The third-order valence-corrected chi connectivity index (χ3v) is 2.43. The van der Waals surface area contributed by atoms with Crippen molar-refractivity contribution in [3.8, 4) is 0 Å². The van der Waals surface area contributed by atoms with E-state index in [1.165, 1.54) is 0 Å². The maximum atomic E-state index is 5.88. The van der Waals surface area contributed by atoms with Gasteiger partial charge in [0.05, 0.1) is 5.69 Å². The topological polar surface area (TPSA) is 69.1 Å².